The molecular weight excluding hydrogens is 254 g/mol. The van der Waals surface area contributed by atoms with Gasteiger partial charge in [0.15, 0.2) is 4.34 Å². The Bertz CT molecular complexity index is 466. The largest absolute Gasteiger partial charge is 0.368 e. The first-order chi connectivity index (χ1) is 7.13. The fourth-order valence-corrected chi connectivity index (χ4v) is 2.76. The first-order valence-corrected chi connectivity index (χ1v) is 5.98. The summed E-state index contributed by atoms with van der Waals surface area (Å²) >= 11 is 8.49. The van der Waals surface area contributed by atoms with Crippen LogP contribution < -0.4 is 5.73 Å². The van der Waals surface area contributed by atoms with Gasteiger partial charge in [0.05, 0.1) is 0 Å². The average molecular weight is 260 g/mol. The number of rotatable bonds is 2. The molecule has 0 spiro atoms. The zero-order valence-electron chi connectivity index (χ0n) is 7.64. The number of hydrogen-bond acceptors (Lipinski definition) is 7. The van der Waals surface area contributed by atoms with E-state index in [4.69, 9.17) is 17.3 Å². The number of anilines is 1. The summed E-state index contributed by atoms with van der Waals surface area (Å²) in [7, 11) is 0. The number of nitrogen functional groups attached to an aromatic ring is 1. The Hall–Kier alpha value is -0.920. The summed E-state index contributed by atoms with van der Waals surface area (Å²) in [5, 5.41) is 2.51. The standard InChI is InChI=1S/C7H6ClN5S2/c1-3-2-14-7(10-3)15-6-12-4(8)11-5(9)13-6/h2H,1H3,(H2,9,11,12,13). The number of thiazole rings is 1. The Balaban J connectivity index is 2.24. The summed E-state index contributed by atoms with van der Waals surface area (Å²) in [5.74, 6) is 0.116. The Morgan fingerprint density at radius 2 is 2.13 bits per heavy atom. The molecule has 2 heterocycles. The van der Waals surface area contributed by atoms with Gasteiger partial charge >= 0.3 is 0 Å². The second-order valence-electron chi connectivity index (χ2n) is 2.60. The molecule has 0 fully saturated rings. The molecule has 2 N–H and O–H groups in total. The minimum atomic E-state index is 0.0956. The Morgan fingerprint density at radius 3 is 2.73 bits per heavy atom. The van der Waals surface area contributed by atoms with Crippen LogP contribution in [-0.2, 0) is 0 Å². The second-order valence-corrected chi connectivity index (χ2v) is 5.01. The van der Waals surface area contributed by atoms with Crippen molar-refractivity contribution in [2.75, 3.05) is 5.73 Å². The third-order valence-electron chi connectivity index (χ3n) is 1.38. The van der Waals surface area contributed by atoms with E-state index in [-0.39, 0.29) is 11.2 Å². The highest BCUT2D eigenvalue weighted by Gasteiger charge is 2.07. The summed E-state index contributed by atoms with van der Waals surface area (Å²) in [5.41, 5.74) is 6.41. The lowest BCUT2D eigenvalue weighted by atomic mass is 10.6. The first-order valence-electron chi connectivity index (χ1n) is 3.90. The molecule has 0 saturated heterocycles. The molecule has 0 aliphatic rings. The van der Waals surface area contributed by atoms with E-state index in [2.05, 4.69) is 19.9 Å². The minimum Gasteiger partial charge on any atom is -0.368 e. The van der Waals surface area contributed by atoms with E-state index in [1.54, 1.807) is 0 Å². The fraction of sp³-hybridized carbons (Fsp3) is 0.143. The number of aromatic nitrogens is 4. The molecule has 5 nitrogen and oxygen atoms in total. The van der Waals surface area contributed by atoms with Gasteiger partial charge in [-0.1, -0.05) is 0 Å². The van der Waals surface area contributed by atoms with E-state index in [9.17, 15) is 0 Å². The molecule has 2 aromatic rings. The highest BCUT2D eigenvalue weighted by atomic mass is 35.5. The summed E-state index contributed by atoms with van der Waals surface area (Å²) in [4.78, 5) is 15.8. The maximum Gasteiger partial charge on any atom is 0.228 e. The van der Waals surface area contributed by atoms with Crippen molar-refractivity contribution in [3.05, 3.63) is 16.4 Å². The molecule has 0 radical (unpaired) electrons. The van der Waals surface area contributed by atoms with Crippen molar-refractivity contribution in [2.24, 2.45) is 0 Å². The van der Waals surface area contributed by atoms with E-state index < -0.39 is 0 Å². The molecule has 0 aliphatic heterocycles. The summed E-state index contributed by atoms with van der Waals surface area (Å²) in [6.07, 6.45) is 0. The third-order valence-corrected chi connectivity index (χ3v) is 3.47. The van der Waals surface area contributed by atoms with Crippen molar-refractivity contribution >= 4 is 40.6 Å². The highest BCUT2D eigenvalue weighted by Crippen LogP contribution is 2.28. The SMILES string of the molecule is Cc1csc(Sc2nc(N)nc(Cl)n2)n1. The van der Waals surface area contributed by atoms with Crippen molar-refractivity contribution in [2.45, 2.75) is 16.4 Å². The zero-order chi connectivity index (χ0) is 10.8. The lowest BCUT2D eigenvalue weighted by Gasteiger charge is -1.97. The molecule has 0 amide bonds. The van der Waals surface area contributed by atoms with Gasteiger partial charge in [0.1, 0.15) is 0 Å². The number of nitrogens with zero attached hydrogens (tertiary/aromatic N) is 4. The van der Waals surface area contributed by atoms with Crippen LogP contribution in [0.1, 0.15) is 5.69 Å². The van der Waals surface area contributed by atoms with Crippen LogP contribution in [0, 0.1) is 6.92 Å². The maximum atomic E-state index is 5.65. The van der Waals surface area contributed by atoms with E-state index >= 15 is 0 Å². The van der Waals surface area contributed by atoms with E-state index in [1.807, 2.05) is 12.3 Å². The molecule has 2 rings (SSSR count). The monoisotopic (exact) mass is 259 g/mol. The number of aryl methyl sites for hydroxylation is 1. The highest BCUT2D eigenvalue weighted by molar-refractivity contribution is 8.00. The zero-order valence-corrected chi connectivity index (χ0v) is 10.0. The van der Waals surface area contributed by atoms with E-state index in [0.29, 0.717) is 5.16 Å². The molecule has 2 aromatic heterocycles. The van der Waals surface area contributed by atoms with Gasteiger partial charge in [-0.25, -0.2) is 4.98 Å². The van der Waals surface area contributed by atoms with Gasteiger partial charge in [-0.15, -0.1) is 11.3 Å². The van der Waals surface area contributed by atoms with Crippen LogP contribution in [0.2, 0.25) is 5.28 Å². The van der Waals surface area contributed by atoms with Crippen molar-refractivity contribution in [1.82, 2.24) is 19.9 Å². The van der Waals surface area contributed by atoms with Crippen molar-refractivity contribution < 1.29 is 0 Å². The van der Waals surface area contributed by atoms with Gasteiger partial charge in [-0.2, -0.15) is 15.0 Å². The molecule has 0 saturated carbocycles. The summed E-state index contributed by atoms with van der Waals surface area (Å²) in [6, 6.07) is 0. The van der Waals surface area contributed by atoms with Gasteiger partial charge in [-0.05, 0) is 30.3 Å². The molecule has 8 heteroatoms. The van der Waals surface area contributed by atoms with Crippen LogP contribution in [-0.4, -0.2) is 19.9 Å². The molecule has 0 bridgehead atoms. The molecule has 0 aliphatic carbocycles. The van der Waals surface area contributed by atoms with Crippen molar-refractivity contribution in [3.63, 3.8) is 0 Å². The number of halogens is 1. The molecule has 0 unspecified atom stereocenters. The lowest BCUT2D eigenvalue weighted by molar-refractivity contribution is 0.915. The molecule has 0 aromatic carbocycles. The van der Waals surface area contributed by atoms with E-state index in [0.717, 1.165) is 10.0 Å². The molecule has 15 heavy (non-hydrogen) atoms. The Labute approximate surface area is 99.1 Å². The van der Waals surface area contributed by atoms with Gasteiger partial charge in [0, 0.05) is 11.1 Å². The second kappa shape index (κ2) is 4.30. The van der Waals surface area contributed by atoms with Crippen molar-refractivity contribution in [1.29, 1.82) is 0 Å². The first kappa shape index (κ1) is 10.6. The van der Waals surface area contributed by atoms with Gasteiger partial charge < -0.3 is 5.73 Å². The van der Waals surface area contributed by atoms with E-state index in [1.165, 1.54) is 23.1 Å². The summed E-state index contributed by atoms with van der Waals surface area (Å²) < 4.78 is 0.856. The molecular formula is C7H6ClN5S2. The predicted octanol–water partition coefficient (Wildman–Crippen LogP) is 2.02. The van der Waals surface area contributed by atoms with Crippen LogP contribution in [0.5, 0.6) is 0 Å². The van der Waals surface area contributed by atoms with Crippen LogP contribution in [0.15, 0.2) is 14.9 Å². The number of hydrogen-bond donors (Lipinski definition) is 1. The Morgan fingerprint density at radius 1 is 1.33 bits per heavy atom. The van der Waals surface area contributed by atoms with Crippen LogP contribution >= 0.6 is 34.7 Å². The average Bonchev–Trinajstić information content (AvgIpc) is 2.49. The lowest BCUT2D eigenvalue weighted by Crippen LogP contribution is -1.98. The fourth-order valence-electron chi connectivity index (χ4n) is 0.849. The topological polar surface area (TPSA) is 77.6 Å². The molecule has 0 atom stereocenters. The molecule has 78 valence electrons. The van der Waals surface area contributed by atoms with Crippen LogP contribution in [0.25, 0.3) is 0 Å². The van der Waals surface area contributed by atoms with Gasteiger partial charge in [0.2, 0.25) is 16.4 Å². The quantitative estimate of drug-likeness (QED) is 0.889. The van der Waals surface area contributed by atoms with Crippen molar-refractivity contribution in [3.8, 4) is 0 Å². The number of nitrogens with two attached hydrogens (primary N) is 1. The van der Waals surface area contributed by atoms with Crippen LogP contribution in [0.4, 0.5) is 5.95 Å². The Kier molecular flexibility index (Phi) is 3.03. The predicted molar refractivity (Wildman–Crippen MR) is 60.2 cm³/mol. The van der Waals surface area contributed by atoms with Crippen LogP contribution in [0.3, 0.4) is 0 Å². The third kappa shape index (κ3) is 2.77. The minimum absolute atomic E-state index is 0.0956. The smallest absolute Gasteiger partial charge is 0.228 e. The maximum absolute atomic E-state index is 5.65. The normalized spacial score (nSPS) is 10.5. The summed E-state index contributed by atoms with van der Waals surface area (Å²) in [6.45, 7) is 1.93. The van der Waals surface area contributed by atoms with Gasteiger partial charge in [0.25, 0.3) is 0 Å². The van der Waals surface area contributed by atoms with Gasteiger partial charge in [-0.3, -0.25) is 0 Å².